The van der Waals surface area contributed by atoms with Crippen molar-refractivity contribution < 1.29 is 33.0 Å². The Morgan fingerprint density at radius 3 is 2.44 bits per heavy atom. The van der Waals surface area contributed by atoms with Gasteiger partial charge >= 0.3 is 12.6 Å². The molecule has 2 heterocycles. The van der Waals surface area contributed by atoms with E-state index in [4.69, 9.17) is 16.3 Å². The van der Waals surface area contributed by atoms with Gasteiger partial charge in [0.25, 0.3) is 5.91 Å². The second kappa shape index (κ2) is 13.5. The highest BCUT2D eigenvalue weighted by atomic mass is 35.5. The molecule has 1 aliphatic carbocycles. The number of benzene rings is 1. The number of rotatable bonds is 11. The number of aromatic nitrogens is 2. The molecule has 1 aliphatic heterocycles. The van der Waals surface area contributed by atoms with E-state index in [1.807, 2.05) is 19.9 Å². The van der Waals surface area contributed by atoms with Crippen LogP contribution in [0, 0.1) is 11.8 Å². The van der Waals surface area contributed by atoms with Gasteiger partial charge < -0.3 is 24.8 Å². The summed E-state index contributed by atoms with van der Waals surface area (Å²) < 4.78 is 38.0. The lowest BCUT2D eigenvalue weighted by atomic mass is 9.78. The lowest BCUT2D eigenvalue weighted by molar-refractivity contribution is -0.146. The van der Waals surface area contributed by atoms with Crippen LogP contribution >= 0.6 is 11.6 Å². The number of alkyl halides is 2. The van der Waals surface area contributed by atoms with Gasteiger partial charge in [-0.05, 0) is 68.6 Å². The first-order valence-corrected chi connectivity index (χ1v) is 14.5. The molecule has 9 nitrogen and oxygen atoms in total. The third-order valence-electron chi connectivity index (χ3n) is 8.58. The Kier molecular flexibility index (Phi) is 10.3. The van der Waals surface area contributed by atoms with Crippen LogP contribution in [0.3, 0.4) is 0 Å². The van der Waals surface area contributed by atoms with Crippen LogP contribution in [0.1, 0.15) is 64.0 Å². The van der Waals surface area contributed by atoms with Gasteiger partial charge in [0.2, 0.25) is 0 Å². The fraction of sp³-hybridized carbons (Fsp3) is 0.621. The zero-order chi connectivity index (χ0) is 29.7. The molecular formula is C29H39ClF2N4O5. The van der Waals surface area contributed by atoms with E-state index >= 15 is 0 Å². The maximum atomic E-state index is 14.1. The number of carboxylic acid groups (broad SMARTS) is 1. The highest BCUT2D eigenvalue weighted by molar-refractivity contribution is 6.30. The summed E-state index contributed by atoms with van der Waals surface area (Å²) in [5.74, 6) is -1.79. The number of halogens is 3. The standard InChI is InChI=1S/C29H39ClF2N4O5/c1-18(2)24-10-13-33-36(24)29(27(39)34-23-9-6-20(30)16-25(23)41-28(31)32)11-14-35(15-12-29)17-22(26(37)38)19-4-7-21(40-3)8-5-19/h6,9-10,13,16,18-19,21-22,28H,4-5,7-8,11-12,14-15,17H2,1-3H3,(H,34,39)(H,37,38). The number of likely N-dealkylation sites (tertiary alicyclic amines) is 1. The van der Waals surface area contributed by atoms with Crippen LogP contribution in [0.2, 0.25) is 5.02 Å². The number of carboxylic acids is 1. The molecule has 2 aromatic rings. The minimum Gasteiger partial charge on any atom is -0.481 e. The Bertz CT molecular complexity index is 1190. The number of methoxy groups -OCH3 is 1. The fourth-order valence-corrected chi connectivity index (χ4v) is 6.38. The SMILES string of the molecule is COC1CCC(C(CN2CCC(C(=O)Nc3ccc(Cl)cc3OC(F)F)(n3nccc3C(C)C)CC2)C(=O)O)CC1. The number of piperidine rings is 1. The first-order valence-electron chi connectivity index (χ1n) is 14.1. The molecule has 0 bridgehead atoms. The number of hydrogen-bond acceptors (Lipinski definition) is 6. The second-order valence-corrected chi connectivity index (χ2v) is 11.8. The van der Waals surface area contributed by atoms with Gasteiger partial charge in [-0.3, -0.25) is 14.3 Å². The van der Waals surface area contributed by atoms with E-state index in [0.29, 0.717) is 32.5 Å². The van der Waals surface area contributed by atoms with Crippen molar-refractivity contribution in [2.75, 3.05) is 32.1 Å². The Morgan fingerprint density at radius 1 is 1.17 bits per heavy atom. The summed E-state index contributed by atoms with van der Waals surface area (Å²) >= 11 is 5.99. The molecule has 1 atom stereocenters. The van der Waals surface area contributed by atoms with Crippen LogP contribution < -0.4 is 10.1 Å². The number of hydrogen-bond donors (Lipinski definition) is 2. The van der Waals surface area contributed by atoms with Gasteiger partial charge in [0, 0.05) is 49.7 Å². The van der Waals surface area contributed by atoms with Gasteiger partial charge in [0.1, 0.15) is 5.54 Å². The predicted octanol–water partition coefficient (Wildman–Crippen LogP) is 5.60. The Balaban J connectivity index is 1.55. The van der Waals surface area contributed by atoms with Crippen LogP contribution in [0.5, 0.6) is 5.75 Å². The van der Waals surface area contributed by atoms with Crippen LogP contribution in [0.25, 0.3) is 0 Å². The van der Waals surface area contributed by atoms with Gasteiger partial charge in [-0.25, -0.2) is 0 Å². The van der Waals surface area contributed by atoms with Gasteiger partial charge in [0.15, 0.2) is 5.75 Å². The molecule has 2 fully saturated rings. The average Bonchev–Trinajstić information content (AvgIpc) is 3.44. The number of carbonyl (C=O) groups excluding carboxylic acids is 1. The fourth-order valence-electron chi connectivity index (χ4n) is 6.21. The predicted molar refractivity (Wildman–Crippen MR) is 151 cm³/mol. The van der Waals surface area contributed by atoms with Crippen LogP contribution in [0.15, 0.2) is 30.5 Å². The minimum absolute atomic E-state index is 0.0747. The van der Waals surface area contributed by atoms with Crippen molar-refractivity contribution in [3.8, 4) is 5.75 Å². The maximum Gasteiger partial charge on any atom is 0.387 e. The Labute approximate surface area is 244 Å². The number of anilines is 1. The highest BCUT2D eigenvalue weighted by Crippen LogP contribution is 2.38. The molecule has 0 radical (unpaired) electrons. The molecule has 12 heteroatoms. The highest BCUT2D eigenvalue weighted by Gasteiger charge is 2.46. The van der Waals surface area contributed by atoms with Crippen molar-refractivity contribution in [2.45, 2.75) is 76.5 Å². The van der Waals surface area contributed by atoms with E-state index in [0.717, 1.165) is 31.4 Å². The number of aliphatic carboxylic acids is 1. The van der Waals surface area contributed by atoms with Crippen molar-refractivity contribution in [3.63, 3.8) is 0 Å². The quantitative estimate of drug-likeness (QED) is 0.348. The number of carbonyl (C=O) groups is 2. The van der Waals surface area contributed by atoms with Gasteiger partial charge in [-0.2, -0.15) is 13.9 Å². The van der Waals surface area contributed by atoms with Crippen molar-refractivity contribution in [1.82, 2.24) is 14.7 Å². The normalized spacial score (nSPS) is 22.0. The van der Waals surface area contributed by atoms with Crippen LogP contribution in [-0.2, 0) is 19.9 Å². The number of nitrogens with zero attached hydrogens (tertiary/aromatic N) is 3. The summed E-state index contributed by atoms with van der Waals surface area (Å²) in [5, 5.41) is 17.6. The number of nitrogens with one attached hydrogen (secondary N) is 1. The molecule has 2 aliphatic rings. The monoisotopic (exact) mass is 596 g/mol. The van der Waals surface area contributed by atoms with Crippen molar-refractivity contribution >= 4 is 29.2 Å². The molecule has 0 spiro atoms. The van der Waals surface area contributed by atoms with Crippen LogP contribution in [-0.4, -0.2) is 71.1 Å². The summed E-state index contributed by atoms with van der Waals surface area (Å²) in [5.41, 5.74) is -0.166. The van der Waals surface area contributed by atoms with E-state index < -0.39 is 29.9 Å². The maximum absolute atomic E-state index is 14.1. The van der Waals surface area contributed by atoms with Crippen LogP contribution in [0.4, 0.5) is 14.5 Å². The molecule has 226 valence electrons. The topological polar surface area (TPSA) is 106 Å². The summed E-state index contributed by atoms with van der Waals surface area (Å²) in [6, 6.07) is 6.03. The molecule has 1 unspecified atom stereocenters. The molecule has 41 heavy (non-hydrogen) atoms. The lowest BCUT2D eigenvalue weighted by Gasteiger charge is -2.43. The van der Waals surface area contributed by atoms with E-state index in [1.54, 1.807) is 18.0 Å². The van der Waals surface area contributed by atoms with Gasteiger partial charge in [0.05, 0.1) is 17.7 Å². The largest absolute Gasteiger partial charge is 0.481 e. The first kappa shape index (κ1) is 31.2. The smallest absolute Gasteiger partial charge is 0.387 e. The van der Waals surface area contributed by atoms with E-state index in [1.165, 1.54) is 18.2 Å². The average molecular weight is 597 g/mol. The molecule has 4 rings (SSSR count). The summed E-state index contributed by atoms with van der Waals surface area (Å²) in [4.78, 5) is 28.5. The molecule has 1 saturated carbocycles. The number of amides is 1. The van der Waals surface area contributed by atoms with Crippen molar-refractivity contribution in [2.24, 2.45) is 11.8 Å². The minimum atomic E-state index is -3.09. The van der Waals surface area contributed by atoms with E-state index in [9.17, 15) is 23.5 Å². The summed E-state index contributed by atoms with van der Waals surface area (Å²) in [7, 11) is 1.69. The Hall–Kier alpha value is -2.76. The van der Waals surface area contributed by atoms with Gasteiger partial charge in [-0.15, -0.1) is 0 Å². The van der Waals surface area contributed by atoms with E-state index in [-0.39, 0.29) is 34.4 Å². The molecule has 1 aromatic heterocycles. The molecule has 2 N–H and O–H groups in total. The third kappa shape index (κ3) is 7.18. The summed E-state index contributed by atoms with van der Waals surface area (Å²) in [6.07, 6.45) is 5.90. The molecular weight excluding hydrogens is 558 g/mol. The molecule has 1 amide bonds. The first-order chi connectivity index (χ1) is 19.5. The van der Waals surface area contributed by atoms with Crippen molar-refractivity contribution in [3.05, 3.63) is 41.2 Å². The van der Waals surface area contributed by atoms with Gasteiger partial charge in [-0.1, -0.05) is 25.4 Å². The molecule has 1 saturated heterocycles. The van der Waals surface area contributed by atoms with E-state index in [2.05, 4.69) is 20.1 Å². The zero-order valence-corrected chi connectivity index (χ0v) is 24.4. The Morgan fingerprint density at radius 2 is 1.85 bits per heavy atom. The zero-order valence-electron chi connectivity index (χ0n) is 23.7. The lowest BCUT2D eigenvalue weighted by Crippen LogP contribution is -2.55. The number of ether oxygens (including phenoxy) is 2. The second-order valence-electron chi connectivity index (χ2n) is 11.3. The molecule has 1 aromatic carbocycles. The third-order valence-corrected chi connectivity index (χ3v) is 8.81. The van der Waals surface area contributed by atoms with Crippen molar-refractivity contribution in [1.29, 1.82) is 0 Å². The summed E-state index contributed by atoms with van der Waals surface area (Å²) in [6.45, 7) is 2.28.